The number of hydrogen-bond donors (Lipinski definition) is 1. The van der Waals surface area contributed by atoms with E-state index in [1.165, 1.54) is 19.3 Å². The van der Waals surface area contributed by atoms with Crippen molar-refractivity contribution in [2.75, 3.05) is 33.9 Å². The van der Waals surface area contributed by atoms with E-state index in [1.54, 1.807) is 0 Å². The highest BCUT2D eigenvalue weighted by atomic mass is 16.5. The molecule has 1 aliphatic rings. The molecular formula is C18H33N5O. The minimum absolute atomic E-state index is 0.611. The summed E-state index contributed by atoms with van der Waals surface area (Å²) in [5.74, 6) is 3.38. The Morgan fingerprint density at radius 1 is 1.46 bits per heavy atom. The topological polar surface area (TPSA) is 54.7 Å². The molecular weight excluding hydrogens is 302 g/mol. The van der Waals surface area contributed by atoms with Gasteiger partial charge in [-0.05, 0) is 31.1 Å². The lowest BCUT2D eigenvalue weighted by Crippen LogP contribution is -2.40. The number of rotatable bonds is 7. The molecule has 2 heterocycles. The Balaban J connectivity index is 1.80. The zero-order valence-electron chi connectivity index (χ0n) is 15.7. The smallest absolute Gasteiger partial charge is 0.193 e. The van der Waals surface area contributed by atoms with Gasteiger partial charge in [0.2, 0.25) is 0 Å². The molecule has 0 atom stereocenters. The monoisotopic (exact) mass is 335 g/mol. The Hall–Kier alpha value is -1.56. The average molecular weight is 335 g/mol. The summed E-state index contributed by atoms with van der Waals surface area (Å²) in [4.78, 5) is 11.1. The van der Waals surface area contributed by atoms with Crippen LogP contribution in [0, 0.1) is 11.8 Å². The van der Waals surface area contributed by atoms with Gasteiger partial charge in [-0.15, -0.1) is 0 Å². The molecule has 0 amide bonds. The van der Waals surface area contributed by atoms with E-state index in [0.717, 1.165) is 44.0 Å². The molecule has 6 heteroatoms. The van der Waals surface area contributed by atoms with Crippen molar-refractivity contribution in [3.05, 3.63) is 18.2 Å². The molecule has 1 N–H and O–H groups in total. The van der Waals surface area contributed by atoms with Crippen LogP contribution in [-0.2, 0) is 17.8 Å². The number of nitrogens with one attached hydrogen (secondary N) is 1. The molecule has 0 bridgehead atoms. The third-order valence-corrected chi connectivity index (χ3v) is 4.56. The van der Waals surface area contributed by atoms with Crippen LogP contribution >= 0.6 is 0 Å². The van der Waals surface area contributed by atoms with E-state index in [-0.39, 0.29) is 0 Å². The minimum atomic E-state index is 0.611. The minimum Gasteiger partial charge on any atom is -0.381 e. The van der Waals surface area contributed by atoms with Crippen LogP contribution in [0.15, 0.2) is 17.4 Å². The van der Waals surface area contributed by atoms with Crippen LogP contribution in [0.3, 0.4) is 0 Å². The lowest BCUT2D eigenvalue weighted by Gasteiger charge is -2.26. The van der Waals surface area contributed by atoms with Crippen molar-refractivity contribution in [2.45, 2.75) is 46.2 Å². The molecule has 24 heavy (non-hydrogen) atoms. The number of aromatic nitrogens is 2. The Bertz CT molecular complexity index is 505. The van der Waals surface area contributed by atoms with Gasteiger partial charge in [0.25, 0.3) is 0 Å². The quantitative estimate of drug-likeness (QED) is 0.614. The number of guanidine groups is 1. The molecule has 2 rings (SSSR count). The molecule has 0 radical (unpaired) electrons. The maximum atomic E-state index is 5.43. The second-order valence-corrected chi connectivity index (χ2v) is 7.06. The SMILES string of the molecule is CN=C(NCc1nccn1CC(C)C)N(C)CCC1CCOCC1. The largest absolute Gasteiger partial charge is 0.381 e. The van der Waals surface area contributed by atoms with Gasteiger partial charge in [0, 0.05) is 52.8 Å². The fraction of sp³-hybridized carbons (Fsp3) is 0.778. The summed E-state index contributed by atoms with van der Waals surface area (Å²) in [5.41, 5.74) is 0. The predicted molar refractivity (Wildman–Crippen MR) is 98.1 cm³/mol. The standard InChI is InChI=1S/C18H33N5O/c1-15(2)14-23-10-8-20-17(23)13-21-18(19-3)22(4)9-5-16-6-11-24-12-7-16/h8,10,15-16H,5-7,9,11-14H2,1-4H3,(H,19,21). The molecule has 1 saturated heterocycles. The van der Waals surface area contributed by atoms with Gasteiger partial charge in [0.05, 0.1) is 6.54 Å². The molecule has 6 nitrogen and oxygen atoms in total. The van der Waals surface area contributed by atoms with Crippen molar-refractivity contribution in [1.29, 1.82) is 0 Å². The third kappa shape index (κ3) is 5.82. The molecule has 0 saturated carbocycles. The molecule has 1 aromatic rings. The second kappa shape index (κ2) is 9.67. The molecule has 0 aliphatic carbocycles. The van der Waals surface area contributed by atoms with Gasteiger partial charge in [-0.3, -0.25) is 4.99 Å². The lowest BCUT2D eigenvalue weighted by atomic mass is 9.96. The van der Waals surface area contributed by atoms with Crippen LogP contribution in [0.5, 0.6) is 0 Å². The first-order chi connectivity index (χ1) is 11.6. The van der Waals surface area contributed by atoms with Crippen molar-refractivity contribution in [2.24, 2.45) is 16.8 Å². The highest BCUT2D eigenvalue weighted by Crippen LogP contribution is 2.18. The molecule has 0 unspecified atom stereocenters. The first-order valence-corrected chi connectivity index (χ1v) is 9.09. The van der Waals surface area contributed by atoms with Gasteiger partial charge in [-0.2, -0.15) is 0 Å². The molecule has 136 valence electrons. The van der Waals surface area contributed by atoms with Crippen molar-refractivity contribution in [3.63, 3.8) is 0 Å². The molecule has 1 fully saturated rings. The van der Waals surface area contributed by atoms with Gasteiger partial charge in [-0.1, -0.05) is 13.8 Å². The Morgan fingerprint density at radius 3 is 2.88 bits per heavy atom. The van der Waals surface area contributed by atoms with Gasteiger partial charge < -0.3 is 19.5 Å². The first kappa shape index (κ1) is 18.8. The number of nitrogens with zero attached hydrogens (tertiary/aromatic N) is 4. The normalized spacial score (nSPS) is 16.6. The van der Waals surface area contributed by atoms with Gasteiger partial charge in [0.1, 0.15) is 5.82 Å². The highest BCUT2D eigenvalue weighted by Gasteiger charge is 2.15. The van der Waals surface area contributed by atoms with Crippen molar-refractivity contribution >= 4 is 5.96 Å². The third-order valence-electron chi connectivity index (χ3n) is 4.56. The summed E-state index contributed by atoms with van der Waals surface area (Å²) in [6, 6.07) is 0. The summed E-state index contributed by atoms with van der Waals surface area (Å²) < 4.78 is 7.65. The van der Waals surface area contributed by atoms with Gasteiger partial charge >= 0.3 is 0 Å². The van der Waals surface area contributed by atoms with Crippen LogP contribution in [0.25, 0.3) is 0 Å². The average Bonchev–Trinajstić information content (AvgIpc) is 3.01. The summed E-state index contributed by atoms with van der Waals surface area (Å²) in [6.45, 7) is 8.99. The van der Waals surface area contributed by atoms with E-state index in [0.29, 0.717) is 12.5 Å². The zero-order valence-corrected chi connectivity index (χ0v) is 15.7. The summed E-state index contributed by atoms with van der Waals surface area (Å²) in [6.07, 6.45) is 7.49. The summed E-state index contributed by atoms with van der Waals surface area (Å²) in [5, 5.41) is 3.44. The van der Waals surface area contributed by atoms with E-state index < -0.39 is 0 Å². The number of hydrogen-bond acceptors (Lipinski definition) is 3. The molecule has 1 aliphatic heterocycles. The maximum absolute atomic E-state index is 5.43. The van der Waals surface area contributed by atoms with Crippen LogP contribution in [0.1, 0.15) is 38.9 Å². The van der Waals surface area contributed by atoms with Crippen LogP contribution < -0.4 is 5.32 Å². The summed E-state index contributed by atoms with van der Waals surface area (Å²) in [7, 11) is 3.95. The van der Waals surface area contributed by atoms with Gasteiger partial charge in [0.15, 0.2) is 5.96 Å². The Labute approximate surface area is 146 Å². The maximum Gasteiger partial charge on any atom is 0.193 e. The number of imidazole rings is 1. The molecule has 1 aromatic heterocycles. The fourth-order valence-corrected chi connectivity index (χ4v) is 3.13. The lowest BCUT2D eigenvalue weighted by molar-refractivity contribution is 0.0625. The first-order valence-electron chi connectivity index (χ1n) is 9.09. The number of aliphatic imine (C=N–C) groups is 1. The second-order valence-electron chi connectivity index (χ2n) is 7.06. The summed E-state index contributed by atoms with van der Waals surface area (Å²) >= 11 is 0. The fourth-order valence-electron chi connectivity index (χ4n) is 3.13. The van der Waals surface area contributed by atoms with Crippen LogP contribution in [0.2, 0.25) is 0 Å². The molecule has 0 spiro atoms. The highest BCUT2D eigenvalue weighted by molar-refractivity contribution is 5.79. The Kier molecular flexibility index (Phi) is 7.56. The van der Waals surface area contributed by atoms with E-state index in [4.69, 9.17) is 4.74 Å². The predicted octanol–water partition coefficient (Wildman–Crippen LogP) is 2.36. The van der Waals surface area contributed by atoms with Crippen molar-refractivity contribution < 1.29 is 4.74 Å². The van der Waals surface area contributed by atoms with Crippen LogP contribution in [-0.4, -0.2) is 54.3 Å². The zero-order chi connectivity index (χ0) is 17.4. The van der Waals surface area contributed by atoms with E-state index >= 15 is 0 Å². The Morgan fingerprint density at radius 2 is 2.21 bits per heavy atom. The van der Waals surface area contributed by atoms with E-state index in [9.17, 15) is 0 Å². The molecule has 0 aromatic carbocycles. The van der Waals surface area contributed by atoms with Crippen molar-refractivity contribution in [3.8, 4) is 0 Å². The van der Waals surface area contributed by atoms with Gasteiger partial charge in [-0.25, -0.2) is 4.98 Å². The number of ether oxygens (including phenoxy) is 1. The van der Waals surface area contributed by atoms with Crippen molar-refractivity contribution in [1.82, 2.24) is 19.8 Å². The van der Waals surface area contributed by atoms with E-state index in [2.05, 4.69) is 51.9 Å². The van der Waals surface area contributed by atoms with Crippen LogP contribution in [0.4, 0.5) is 0 Å². The van der Waals surface area contributed by atoms with E-state index in [1.807, 2.05) is 13.2 Å².